The van der Waals surface area contributed by atoms with E-state index >= 15 is 0 Å². The Hall–Kier alpha value is -2.32. The van der Waals surface area contributed by atoms with Gasteiger partial charge in [0, 0.05) is 32.7 Å². The fourth-order valence-electron chi connectivity index (χ4n) is 3.15. The first-order chi connectivity index (χ1) is 13.0. The van der Waals surface area contributed by atoms with Gasteiger partial charge in [-0.3, -0.25) is 4.90 Å². The summed E-state index contributed by atoms with van der Waals surface area (Å²) in [6.45, 7) is 4.25. The number of alkyl halides is 3. The summed E-state index contributed by atoms with van der Waals surface area (Å²) in [5.74, 6) is -0.188. The number of hydrogen-bond acceptors (Lipinski definition) is 5. The van der Waals surface area contributed by atoms with Gasteiger partial charge in [0.2, 0.25) is 0 Å². The molecule has 3 aromatic rings. The molecule has 2 heterocycles. The van der Waals surface area contributed by atoms with Gasteiger partial charge in [-0.1, -0.05) is 35.6 Å². The Kier molecular flexibility index (Phi) is 4.92. The number of benzene rings is 2. The van der Waals surface area contributed by atoms with E-state index in [4.69, 9.17) is 4.98 Å². The van der Waals surface area contributed by atoms with Gasteiger partial charge in [0.05, 0.1) is 10.2 Å². The van der Waals surface area contributed by atoms with Crippen LogP contribution in [-0.4, -0.2) is 42.4 Å². The highest BCUT2D eigenvalue weighted by Gasteiger charge is 2.31. The van der Waals surface area contributed by atoms with Gasteiger partial charge in [0.25, 0.3) is 0 Å². The van der Waals surface area contributed by atoms with Crippen molar-refractivity contribution in [2.75, 3.05) is 31.1 Å². The number of rotatable bonds is 4. The highest BCUT2D eigenvalue weighted by Crippen LogP contribution is 2.29. The molecule has 0 amide bonds. The fraction of sp³-hybridized carbons (Fsp3) is 0.316. The van der Waals surface area contributed by atoms with Crippen LogP contribution in [0.1, 0.15) is 5.56 Å². The van der Waals surface area contributed by atoms with Crippen LogP contribution >= 0.6 is 11.3 Å². The third kappa shape index (κ3) is 4.51. The van der Waals surface area contributed by atoms with E-state index < -0.39 is 6.36 Å². The zero-order valence-corrected chi connectivity index (χ0v) is 15.3. The Bertz CT molecular complexity index is 869. The molecule has 0 atom stereocenters. The molecule has 1 aliphatic rings. The van der Waals surface area contributed by atoms with Gasteiger partial charge < -0.3 is 9.64 Å². The van der Waals surface area contributed by atoms with Crippen LogP contribution in [0.4, 0.5) is 18.3 Å². The first-order valence-electron chi connectivity index (χ1n) is 8.64. The number of piperazine rings is 1. The molecular formula is C19H18F3N3OS. The van der Waals surface area contributed by atoms with E-state index in [0.29, 0.717) is 6.54 Å². The number of thiazole rings is 1. The molecule has 1 aromatic heterocycles. The molecule has 4 rings (SSSR count). The van der Waals surface area contributed by atoms with Gasteiger partial charge in [-0.15, -0.1) is 13.2 Å². The Morgan fingerprint density at radius 1 is 0.963 bits per heavy atom. The molecule has 0 bridgehead atoms. The molecule has 1 saturated heterocycles. The molecule has 0 aliphatic carbocycles. The number of aromatic nitrogens is 1. The smallest absolute Gasteiger partial charge is 0.406 e. The summed E-state index contributed by atoms with van der Waals surface area (Å²) in [7, 11) is 0. The number of ether oxygens (including phenoxy) is 1. The monoisotopic (exact) mass is 393 g/mol. The Labute approximate surface area is 158 Å². The summed E-state index contributed by atoms with van der Waals surface area (Å²) in [5.41, 5.74) is 2.00. The van der Waals surface area contributed by atoms with Crippen LogP contribution in [0.2, 0.25) is 0 Å². The number of nitrogens with zero attached hydrogens (tertiary/aromatic N) is 3. The molecule has 2 aromatic carbocycles. The second-order valence-corrected chi connectivity index (χ2v) is 7.43. The number of hydrogen-bond donors (Lipinski definition) is 0. The number of halogens is 3. The van der Waals surface area contributed by atoms with Gasteiger partial charge in [0.15, 0.2) is 5.13 Å². The molecule has 27 heavy (non-hydrogen) atoms. The first-order valence-corrected chi connectivity index (χ1v) is 9.45. The molecule has 0 unspecified atom stereocenters. The average molecular weight is 393 g/mol. The van der Waals surface area contributed by atoms with Crippen LogP contribution in [0.5, 0.6) is 5.75 Å². The fourth-order valence-corrected chi connectivity index (χ4v) is 4.16. The van der Waals surface area contributed by atoms with Crippen molar-refractivity contribution in [2.24, 2.45) is 0 Å². The molecule has 0 N–H and O–H groups in total. The van der Waals surface area contributed by atoms with Gasteiger partial charge in [0.1, 0.15) is 5.75 Å². The lowest BCUT2D eigenvalue weighted by atomic mass is 10.2. The standard InChI is InChI=1S/C19H18F3N3OS/c20-19(21,22)26-15-7-5-14(6-8-15)13-24-9-11-25(12-10-24)18-23-16-3-1-2-4-17(16)27-18/h1-8H,9-13H2. The van der Waals surface area contributed by atoms with E-state index in [9.17, 15) is 13.2 Å². The largest absolute Gasteiger partial charge is 0.573 e. The minimum absolute atomic E-state index is 0.188. The van der Waals surface area contributed by atoms with Crippen molar-refractivity contribution in [1.29, 1.82) is 0 Å². The topological polar surface area (TPSA) is 28.6 Å². The average Bonchev–Trinajstić information content (AvgIpc) is 3.07. The maximum atomic E-state index is 12.2. The minimum Gasteiger partial charge on any atom is -0.406 e. The zero-order chi connectivity index (χ0) is 18.9. The van der Waals surface area contributed by atoms with Gasteiger partial charge in [-0.05, 0) is 29.8 Å². The van der Waals surface area contributed by atoms with E-state index in [2.05, 4.69) is 20.6 Å². The summed E-state index contributed by atoms with van der Waals surface area (Å²) in [6.07, 6.45) is -4.65. The molecule has 4 nitrogen and oxygen atoms in total. The molecule has 0 saturated carbocycles. The maximum Gasteiger partial charge on any atom is 0.573 e. The van der Waals surface area contributed by atoms with Crippen LogP contribution in [0.25, 0.3) is 10.2 Å². The summed E-state index contributed by atoms with van der Waals surface area (Å²) in [5, 5.41) is 1.05. The van der Waals surface area contributed by atoms with Crippen molar-refractivity contribution in [1.82, 2.24) is 9.88 Å². The SMILES string of the molecule is FC(F)(F)Oc1ccc(CN2CCN(c3nc4ccccc4s3)CC2)cc1. The molecule has 0 spiro atoms. The molecule has 1 aliphatic heterocycles. The minimum atomic E-state index is -4.65. The lowest BCUT2D eigenvalue weighted by Gasteiger charge is -2.34. The van der Waals surface area contributed by atoms with Crippen molar-refractivity contribution in [2.45, 2.75) is 12.9 Å². The van der Waals surface area contributed by atoms with E-state index in [-0.39, 0.29) is 5.75 Å². The van der Waals surface area contributed by atoms with Crippen LogP contribution in [0.15, 0.2) is 48.5 Å². The predicted octanol–water partition coefficient (Wildman–Crippen LogP) is 4.52. The first kappa shape index (κ1) is 18.1. The van der Waals surface area contributed by atoms with Crippen molar-refractivity contribution in [3.05, 3.63) is 54.1 Å². The normalized spacial score (nSPS) is 16.0. The molecular weight excluding hydrogens is 375 g/mol. The van der Waals surface area contributed by atoms with Crippen LogP contribution < -0.4 is 9.64 Å². The quantitative estimate of drug-likeness (QED) is 0.652. The maximum absolute atomic E-state index is 12.2. The Morgan fingerprint density at radius 2 is 1.67 bits per heavy atom. The molecule has 142 valence electrons. The molecule has 1 fully saturated rings. The molecule has 8 heteroatoms. The van der Waals surface area contributed by atoms with Crippen molar-refractivity contribution in [3.8, 4) is 5.75 Å². The van der Waals surface area contributed by atoms with Crippen LogP contribution in [0.3, 0.4) is 0 Å². The summed E-state index contributed by atoms with van der Waals surface area (Å²) in [4.78, 5) is 9.29. The summed E-state index contributed by atoms with van der Waals surface area (Å²) in [6, 6.07) is 14.2. The second-order valence-electron chi connectivity index (χ2n) is 6.42. The van der Waals surface area contributed by atoms with Crippen LogP contribution in [0, 0.1) is 0 Å². The van der Waals surface area contributed by atoms with Crippen molar-refractivity contribution in [3.63, 3.8) is 0 Å². The van der Waals surface area contributed by atoms with E-state index in [1.165, 1.54) is 16.8 Å². The number of anilines is 1. The highest BCUT2D eigenvalue weighted by atomic mass is 32.1. The van der Waals surface area contributed by atoms with E-state index in [1.54, 1.807) is 23.5 Å². The number of fused-ring (bicyclic) bond motifs is 1. The van der Waals surface area contributed by atoms with Gasteiger partial charge >= 0.3 is 6.36 Å². The molecule has 0 radical (unpaired) electrons. The lowest BCUT2D eigenvalue weighted by Crippen LogP contribution is -2.45. The van der Waals surface area contributed by atoms with E-state index in [1.807, 2.05) is 18.2 Å². The highest BCUT2D eigenvalue weighted by molar-refractivity contribution is 7.22. The second kappa shape index (κ2) is 7.36. The Morgan fingerprint density at radius 3 is 2.33 bits per heavy atom. The zero-order valence-electron chi connectivity index (χ0n) is 14.4. The third-order valence-corrected chi connectivity index (χ3v) is 5.59. The summed E-state index contributed by atoms with van der Waals surface area (Å²) >= 11 is 1.71. The van der Waals surface area contributed by atoms with Crippen molar-refractivity contribution >= 4 is 26.7 Å². The lowest BCUT2D eigenvalue weighted by molar-refractivity contribution is -0.274. The van der Waals surface area contributed by atoms with Gasteiger partial charge in [-0.2, -0.15) is 0 Å². The van der Waals surface area contributed by atoms with Crippen LogP contribution in [-0.2, 0) is 6.54 Å². The number of para-hydroxylation sites is 1. The third-order valence-electron chi connectivity index (χ3n) is 4.49. The predicted molar refractivity (Wildman–Crippen MR) is 100 cm³/mol. The van der Waals surface area contributed by atoms with E-state index in [0.717, 1.165) is 42.4 Å². The van der Waals surface area contributed by atoms with Gasteiger partial charge in [-0.25, -0.2) is 4.98 Å². The Balaban J connectivity index is 1.32. The van der Waals surface area contributed by atoms with Crippen molar-refractivity contribution < 1.29 is 17.9 Å². The summed E-state index contributed by atoms with van der Waals surface area (Å²) < 4.78 is 41.8.